The van der Waals surface area contributed by atoms with Crippen LogP contribution in [0.15, 0.2) is 16.6 Å². The standard InChI is InChI=1S/C6H10N2/c7-5-6-1-3-8-4-2-6/h1,3H,2,4-5,7H2. The van der Waals surface area contributed by atoms with Gasteiger partial charge in [0.05, 0.1) is 0 Å². The van der Waals surface area contributed by atoms with Gasteiger partial charge in [-0.2, -0.15) is 0 Å². The van der Waals surface area contributed by atoms with Gasteiger partial charge < -0.3 is 5.73 Å². The molecule has 2 nitrogen and oxygen atoms in total. The highest BCUT2D eigenvalue weighted by atomic mass is 14.7. The predicted octanol–water partition coefficient (Wildman–Crippen LogP) is 0.346. The Labute approximate surface area is 49.1 Å². The second-order valence-corrected chi connectivity index (χ2v) is 1.83. The van der Waals surface area contributed by atoms with Gasteiger partial charge in [-0.15, -0.1) is 0 Å². The van der Waals surface area contributed by atoms with Crippen LogP contribution in [0.4, 0.5) is 0 Å². The summed E-state index contributed by atoms with van der Waals surface area (Å²) in [7, 11) is 0. The summed E-state index contributed by atoms with van der Waals surface area (Å²) in [4.78, 5) is 4.02. The van der Waals surface area contributed by atoms with Crippen LogP contribution >= 0.6 is 0 Å². The molecular formula is C6H10N2. The van der Waals surface area contributed by atoms with E-state index in [9.17, 15) is 0 Å². The SMILES string of the molecule is NCC1=CC=NCC1. The summed E-state index contributed by atoms with van der Waals surface area (Å²) >= 11 is 0. The van der Waals surface area contributed by atoms with E-state index in [4.69, 9.17) is 5.73 Å². The molecule has 0 radical (unpaired) electrons. The topological polar surface area (TPSA) is 38.4 Å². The van der Waals surface area contributed by atoms with Crippen LogP contribution in [0.2, 0.25) is 0 Å². The highest BCUT2D eigenvalue weighted by Crippen LogP contribution is 2.01. The molecule has 0 bridgehead atoms. The van der Waals surface area contributed by atoms with Crippen LogP contribution in [0.25, 0.3) is 0 Å². The quantitative estimate of drug-likeness (QED) is 0.519. The van der Waals surface area contributed by atoms with Gasteiger partial charge in [0.15, 0.2) is 0 Å². The lowest BCUT2D eigenvalue weighted by Crippen LogP contribution is -2.06. The van der Waals surface area contributed by atoms with Crippen LogP contribution in [-0.2, 0) is 0 Å². The molecule has 2 N–H and O–H groups in total. The molecule has 0 aromatic heterocycles. The molecule has 1 heterocycles. The summed E-state index contributed by atoms with van der Waals surface area (Å²) in [6, 6.07) is 0. The summed E-state index contributed by atoms with van der Waals surface area (Å²) in [5, 5.41) is 0. The third-order valence-electron chi connectivity index (χ3n) is 1.24. The number of hydrogen-bond donors (Lipinski definition) is 1. The van der Waals surface area contributed by atoms with Crippen LogP contribution in [-0.4, -0.2) is 19.3 Å². The molecule has 0 unspecified atom stereocenters. The third kappa shape index (κ3) is 1.17. The number of allylic oxidation sites excluding steroid dienone is 1. The zero-order chi connectivity index (χ0) is 5.82. The van der Waals surface area contributed by atoms with Gasteiger partial charge in [0, 0.05) is 19.3 Å². The summed E-state index contributed by atoms with van der Waals surface area (Å²) < 4.78 is 0. The van der Waals surface area contributed by atoms with E-state index in [0.717, 1.165) is 13.0 Å². The summed E-state index contributed by atoms with van der Waals surface area (Å²) in [5.41, 5.74) is 6.68. The molecule has 0 fully saturated rings. The number of aliphatic imine (C=N–C) groups is 1. The average Bonchev–Trinajstić information content (AvgIpc) is 1.90. The Morgan fingerprint density at radius 1 is 1.75 bits per heavy atom. The van der Waals surface area contributed by atoms with Crippen molar-refractivity contribution in [2.45, 2.75) is 6.42 Å². The van der Waals surface area contributed by atoms with E-state index in [0.29, 0.717) is 6.54 Å². The molecule has 0 saturated heterocycles. The molecule has 8 heavy (non-hydrogen) atoms. The Morgan fingerprint density at radius 3 is 3.00 bits per heavy atom. The highest BCUT2D eigenvalue weighted by Gasteiger charge is 1.94. The van der Waals surface area contributed by atoms with Crippen molar-refractivity contribution in [3.8, 4) is 0 Å². The Morgan fingerprint density at radius 2 is 2.62 bits per heavy atom. The zero-order valence-corrected chi connectivity index (χ0v) is 4.80. The van der Waals surface area contributed by atoms with E-state index < -0.39 is 0 Å². The van der Waals surface area contributed by atoms with Crippen LogP contribution < -0.4 is 5.73 Å². The molecule has 1 rings (SSSR count). The smallest absolute Gasteiger partial charge is 0.0427 e. The first-order valence-corrected chi connectivity index (χ1v) is 2.81. The van der Waals surface area contributed by atoms with Gasteiger partial charge in [-0.05, 0) is 12.5 Å². The van der Waals surface area contributed by atoms with Gasteiger partial charge in [0.1, 0.15) is 0 Å². The number of dihydropyridines is 1. The lowest BCUT2D eigenvalue weighted by Gasteiger charge is -2.03. The minimum absolute atomic E-state index is 0.687. The van der Waals surface area contributed by atoms with Crippen molar-refractivity contribution < 1.29 is 0 Å². The maximum atomic E-state index is 5.37. The Hall–Kier alpha value is -0.630. The fraction of sp³-hybridized carbons (Fsp3) is 0.500. The van der Waals surface area contributed by atoms with Gasteiger partial charge in [-0.1, -0.05) is 5.57 Å². The molecule has 0 saturated carbocycles. The molecular weight excluding hydrogens is 100 g/mol. The maximum absolute atomic E-state index is 5.37. The molecule has 2 heteroatoms. The molecule has 1 aliphatic heterocycles. The normalized spacial score (nSPS) is 18.4. The van der Waals surface area contributed by atoms with Crippen molar-refractivity contribution in [2.75, 3.05) is 13.1 Å². The van der Waals surface area contributed by atoms with Gasteiger partial charge in [-0.25, -0.2) is 0 Å². The van der Waals surface area contributed by atoms with Gasteiger partial charge in [-0.3, -0.25) is 4.99 Å². The monoisotopic (exact) mass is 110 g/mol. The van der Waals surface area contributed by atoms with E-state index in [-0.39, 0.29) is 0 Å². The van der Waals surface area contributed by atoms with Gasteiger partial charge in [0.2, 0.25) is 0 Å². The van der Waals surface area contributed by atoms with Crippen molar-refractivity contribution in [1.29, 1.82) is 0 Å². The van der Waals surface area contributed by atoms with E-state index in [1.807, 2.05) is 12.3 Å². The average molecular weight is 110 g/mol. The minimum atomic E-state index is 0.687. The largest absolute Gasteiger partial charge is 0.327 e. The van der Waals surface area contributed by atoms with E-state index in [2.05, 4.69) is 4.99 Å². The number of nitrogens with two attached hydrogens (primary N) is 1. The van der Waals surface area contributed by atoms with Crippen molar-refractivity contribution in [3.05, 3.63) is 11.6 Å². The Kier molecular flexibility index (Phi) is 1.80. The van der Waals surface area contributed by atoms with Crippen LogP contribution in [0.1, 0.15) is 6.42 Å². The van der Waals surface area contributed by atoms with Crippen molar-refractivity contribution in [2.24, 2.45) is 10.7 Å². The van der Waals surface area contributed by atoms with Crippen molar-refractivity contribution in [3.63, 3.8) is 0 Å². The van der Waals surface area contributed by atoms with E-state index in [1.165, 1.54) is 5.57 Å². The molecule has 0 spiro atoms. The van der Waals surface area contributed by atoms with E-state index >= 15 is 0 Å². The first-order valence-electron chi connectivity index (χ1n) is 2.81. The van der Waals surface area contributed by atoms with Crippen LogP contribution in [0.3, 0.4) is 0 Å². The van der Waals surface area contributed by atoms with Crippen molar-refractivity contribution in [1.82, 2.24) is 0 Å². The minimum Gasteiger partial charge on any atom is -0.327 e. The number of rotatable bonds is 1. The van der Waals surface area contributed by atoms with Crippen molar-refractivity contribution >= 4 is 6.21 Å². The van der Waals surface area contributed by atoms with E-state index in [1.54, 1.807) is 0 Å². The highest BCUT2D eigenvalue weighted by molar-refractivity contribution is 5.73. The summed E-state index contributed by atoms with van der Waals surface area (Å²) in [6.45, 7) is 1.61. The third-order valence-corrected chi connectivity index (χ3v) is 1.24. The maximum Gasteiger partial charge on any atom is 0.0427 e. The zero-order valence-electron chi connectivity index (χ0n) is 4.80. The fourth-order valence-electron chi connectivity index (χ4n) is 0.694. The number of hydrogen-bond acceptors (Lipinski definition) is 2. The molecule has 0 atom stereocenters. The second kappa shape index (κ2) is 2.62. The van der Waals surface area contributed by atoms with Crippen LogP contribution in [0, 0.1) is 0 Å². The lowest BCUT2D eigenvalue weighted by atomic mass is 10.1. The molecule has 0 amide bonds. The molecule has 1 aliphatic rings. The van der Waals surface area contributed by atoms with Crippen LogP contribution in [0.5, 0.6) is 0 Å². The molecule has 0 aromatic rings. The summed E-state index contributed by atoms with van der Waals surface area (Å²) in [5.74, 6) is 0. The molecule has 44 valence electrons. The van der Waals surface area contributed by atoms with Gasteiger partial charge in [0.25, 0.3) is 0 Å². The first kappa shape index (κ1) is 5.51. The Balaban J connectivity index is 2.50. The molecule has 0 aromatic carbocycles. The van der Waals surface area contributed by atoms with Gasteiger partial charge >= 0.3 is 0 Å². The number of nitrogens with zero attached hydrogens (tertiary/aromatic N) is 1. The lowest BCUT2D eigenvalue weighted by molar-refractivity contribution is 0.905. The first-order chi connectivity index (χ1) is 3.93. The Bertz CT molecular complexity index is 124. The summed E-state index contributed by atoms with van der Waals surface area (Å²) in [6.07, 6.45) is 4.86. The fourth-order valence-corrected chi connectivity index (χ4v) is 0.694. The predicted molar refractivity (Wildman–Crippen MR) is 35.1 cm³/mol. The second-order valence-electron chi connectivity index (χ2n) is 1.83. The molecule has 0 aliphatic carbocycles.